The van der Waals surface area contributed by atoms with Gasteiger partial charge in [0.25, 0.3) is 0 Å². The third kappa shape index (κ3) is 3.77. The average Bonchev–Trinajstić information content (AvgIpc) is 3.07. The second-order valence-corrected chi connectivity index (χ2v) is 7.03. The van der Waals surface area contributed by atoms with Gasteiger partial charge in [-0.1, -0.05) is 18.2 Å². The first-order chi connectivity index (χ1) is 13.6. The lowest BCUT2D eigenvalue weighted by atomic mass is 10.1. The van der Waals surface area contributed by atoms with Crippen LogP contribution < -0.4 is 4.74 Å². The zero-order chi connectivity index (χ0) is 19.5. The van der Waals surface area contributed by atoms with Crippen molar-refractivity contribution in [2.24, 2.45) is 0 Å². The fraction of sp³-hybridized carbons (Fsp3) is 0.208. The molecule has 0 amide bonds. The second-order valence-electron chi connectivity index (χ2n) is 7.03. The minimum atomic E-state index is -0.242. The van der Waals surface area contributed by atoms with E-state index in [4.69, 9.17) is 9.72 Å². The molecule has 0 atom stereocenters. The monoisotopic (exact) mass is 374 g/mol. The minimum absolute atomic E-state index is 0.242. The molecule has 3 nitrogen and oxygen atoms in total. The predicted octanol–water partition coefficient (Wildman–Crippen LogP) is 5.93. The average molecular weight is 374 g/mol. The molecule has 0 fully saturated rings. The molecule has 0 aliphatic rings. The molecular weight excluding hydrogens is 351 g/mol. The van der Waals surface area contributed by atoms with Gasteiger partial charge in [0.2, 0.25) is 0 Å². The number of hydrogen-bond acceptors (Lipinski definition) is 2. The number of fused-ring (bicyclic) bond motifs is 1. The SMILES string of the molecule is Cc1ccc(OCCCn2c(-c3ccc(F)cc3)nc3ccccc32)cc1C. The Morgan fingerprint density at radius 2 is 1.71 bits per heavy atom. The van der Waals surface area contributed by atoms with Gasteiger partial charge in [-0.15, -0.1) is 0 Å². The van der Waals surface area contributed by atoms with Gasteiger partial charge < -0.3 is 9.30 Å². The number of aromatic nitrogens is 2. The number of nitrogens with zero attached hydrogens (tertiary/aromatic N) is 2. The van der Waals surface area contributed by atoms with E-state index in [2.05, 4.69) is 36.6 Å². The molecule has 0 aliphatic heterocycles. The number of benzene rings is 3. The number of aryl methyl sites for hydroxylation is 3. The van der Waals surface area contributed by atoms with Crippen molar-refractivity contribution in [3.63, 3.8) is 0 Å². The van der Waals surface area contributed by atoms with Crippen LogP contribution in [0.15, 0.2) is 66.7 Å². The smallest absolute Gasteiger partial charge is 0.141 e. The molecule has 4 aromatic rings. The zero-order valence-corrected chi connectivity index (χ0v) is 16.2. The highest BCUT2D eigenvalue weighted by molar-refractivity contribution is 5.80. The van der Waals surface area contributed by atoms with Crippen LogP contribution in [-0.4, -0.2) is 16.2 Å². The highest BCUT2D eigenvalue weighted by atomic mass is 19.1. The summed E-state index contributed by atoms with van der Waals surface area (Å²) in [4.78, 5) is 4.77. The molecule has 0 saturated carbocycles. The number of ether oxygens (including phenoxy) is 1. The Balaban J connectivity index is 1.53. The molecule has 0 spiro atoms. The summed E-state index contributed by atoms with van der Waals surface area (Å²) in [5, 5.41) is 0. The van der Waals surface area contributed by atoms with Gasteiger partial charge in [-0.05, 0) is 79.9 Å². The quantitative estimate of drug-likeness (QED) is 0.391. The summed E-state index contributed by atoms with van der Waals surface area (Å²) >= 11 is 0. The van der Waals surface area contributed by atoms with Gasteiger partial charge in [0.15, 0.2) is 0 Å². The number of hydrogen-bond donors (Lipinski definition) is 0. The molecule has 0 unspecified atom stereocenters. The van der Waals surface area contributed by atoms with Gasteiger partial charge in [0, 0.05) is 12.1 Å². The molecule has 0 aliphatic carbocycles. The van der Waals surface area contributed by atoms with Crippen molar-refractivity contribution in [3.05, 3.63) is 83.7 Å². The molecule has 4 rings (SSSR count). The topological polar surface area (TPSA) is 27.1 Å². The van der Waals surface area contributed by atoms with Crippen molar-refractivity contribution in [2.45, 2.75) is 26.8 Å². The highest BCUT2D eigenvalue weighted by Gasteiger charge is 2.12. The van der Waals surface area contributed by atoms with Crippen LogP contribution >= 0.6 is 0 Å². The molecule has 0 saturated heterocycles. The predicted molar refractivity (Wildman–Crippen MR) is 111 cm³/mol. The van der Waals surface area contributed by atoms with Gasteiger partial charge in [-0.3, -0.25) is 0 Å². The van der Waals surface area contributed by atoms with Crippen LogP contribution in [0.25, 0.3) is 22.4 Å². The van der Waals surface area contributed by atoms with E-state index in [0.29, 0.717) is 6.61 Å². The van der Waals surface area contributed by atoms with Crippen molar-refractivity contribution in [1.29, 1.82) is 0 Å². The minimum Gasteiger partial charge on any atom is -0.494 e. The Morgan fingerprint density at radius 3 is 2.50 bits per heavy atom. The molecule has 4 heteroatoms. The number of para-hydroxylation sites is 2. The lowest BCUT2D eigenvalue weighted by Crippen LogP contribution is -2.06. The maximum absolute atomic E-state index is 13.3. The van der Waals surface area contributed by atoms with Crippen LogP contribution in [-0.2, 0) is 6.54 Å². The van der Waals surface area contributed by atoms with Gasteiger partial charge in [0.1, 0.15) is 17.4 Å². The Hall–Kier alpha value is -3.14. The van der Waals surface area contributed by atoms with Crippen molar-refractivity contribution >= 4 is 11.0 Å². The van der Waals surface area contributed by atoms with Crippen molar-refractivity contribution in [2.75, 3.05) is 6.61 Å². The summed E-state index contributed by atoms with van der Waals surface area (Å²) in [5.74, 6) is 1.51. The fourth-order valence-corrected chi connectivity index (χ4v) is 3.34. The Bertz CT molecular complexity index is 1100. The molecule has 142 valence electrons. The lowest BCUT2D eigenvalue weighted by molar-refractivity contribution is 0.302. The Morgan fingerprint density at radius 1 is 0.929 bits per heavy atom. The number of rotatable bonds is 6. The van der Waals surface area contributed by atoms with E-state index in [0.717, 1.165) is 41.1 Å². The van der Waals surface area contributed by atoms with Crippen molar-refractivity contribution in [3.8, 4) is 17.1 Å². The van der Waals surface area contributed by atoms with Crippen LogP contribution in [0.3, 0.4) is 0 Å². The summed E-state index contributed by atoms with van der Waals surface area (Å²) in [7, 11) is 0. The second kappa shape index (κ2) is 7.85. The van der Waals surface area contributed by atoms with Crippen LogP contribution in [0, 0.1) is 19.7 Å². The molecule has 3 aromatic carbocycles. The normalized spacial score (nSPS) is 11.1. The third-order valence-corrected chi connectivity index (χ3v) is 5.03. The molecule has 1 heterocycles. The number of halogens is 1. The molecule has 28 heavy (non-hydrogen) atoms. The summed E-state index contributed by atoms with van der Waals surface area (Å²) in [6.45, 7) is 5.59. The zero-order valence-electron chi connectivity index (χ0n) is 16.2. The van der Waals surface area contributed by atoms with Gasteiger partial charge in [-0.25, -0.2) is 9.37 Å². The van der Waals surface area contributed by atoms with E-state index in [1.165, 1.54) is 23.3 Å². The largest absolute Gasteiger partial charge is 0.494 e. The van der Waals surface area contributed by atoms with Crippen LogP contribution in [0.1, 0.15) is 17.5 Å². The van der Waals surface area contributed by atoms with E-state index in [1.54, 1.807) is 12.1 Å². The first-order valence-corrected chi connectivity index (χ1v) is 9.53. The van der Waals surface area contributed by atoms with Crippen molar-refractivity contribution in [1.82, 2.24) is 9.55 Å². The van der Waals surface area contributed by atoms with Gasteiger partial charge in [-0.2, -0.15) is 0 Å². The summed E-state index contributed by atoms with van der Waals surface area (Å²) in [5.41, 5.74) is 5.43. The van der Waals surface area contributed by atoms with E-state index in [9.17, 15) is 4.39 Å². The van der Waals surface area contributed by atoms with Crippen molar-refractivity contribution < 1.29 is 9.13 Å². The third-order valence-electron chi connectivity index (χ3n) is 5.03. The maximum atomic E-state index is 13.3. The molecule has 0 N–H and O–H groups in total. The lowest BCUT2D eigenvalue weighted by Gasteiger charge is -2.11. The van der Waals surface area contributed by atoms with Gasteiger partial charge >= 0.3 is 0 Å². The van der Waals surface area contributed by atoms with Crippen LogP contribution in [0.2, 0.25) is 0 Å². The molecule has 0 radical (unpaired) electrons. The maximum Gasteiger partial charge on any atom is 0.141 e. The van der Waals surface area contributed by atoms with E-state index < -0.39 is 0 Å². The molecule has 1 aromatic heterocycles. The number of imidazole rings is 1. The van der Waals surface area contributed by atoms with Gasteiger partial charge in [0.05, 0.1) is 17.6 Å². The highest BCUT2D eigenvalue weighted by Crippen LogP contribution is 2.25. The Kier molecular flexibility index (Phi) is 5.11. The van der Waals surface area contributed by atoms with Crippen LogP contribution in [0.4, 0.5) is 4.39 Å². The standard InChI is InChI=1S/C24H23FN2O/c1-17-8-13-21(16-18(17)2)28-15-5-14-27-23-7-4-3-6-22(23)26-24(27)19-9-11-20(25)12-10-19/h3-4,6-13,16H,5,14-15H2,1-2H3. The summed E-state index contributed by atoms with van der Waals surface area (Å²) in [6, 6.07) is 20.7. The van der Waals surface area contributed by atoms with Crippen LogP contribution in [0.5, 0.6) is 5.75 Å². The molecule has 0 bridgehead atoms. The summed E-state index contributed by atoms with van der Waals surface area (Å²) < 4.78 is 21.4. The first kappa shape index (κ1) is 18.2. The summed E-state index contributed by atoms with van der Waals surface area (Å²) in [6.07, 6.45) is 0.849. The first-order valence-electron chi connectivity index (χ1n) is 9.53. The van der Waals surface area contributed by atoms with E-state index >= 15 is 0 Å². The Labute approximate surface area is 164 Å². The van der Waals surface area contributed by atoms with E-state index in [-0.39, 0.29) is 5.82 Å². The molecular formula is C24H23FN2O. The van der Waals surface area contributed by atoms with E-state index in [1.807, 2.05) is 24.3 Å². The fourth-order valence-electron chi connectivity index (χ4n) is 3.34.